The second-order valence-electron chi connectivity index (χ2n) is 12.2. The molecule has 0 aliphatic heterocycles. The summed E-state index contributed by atoms with van der Waals surface area (Å²) in [6.45, 7) is 6.86. The molecule has 0 saturated heterocycles. The average molecular weight is 496 g/mol. The third kappa shape index (κ3) is 4.73. The Bertz CT molecular complexity index is 947. The van der Waals surface area contributed by atoms with Gasteiger partial charge in [-0.05, 0) is 78.9 Å². The molecule has 0 aromatic heterocycles. The number of carbonyl (C=O) groups excluding carboxylic acids is 3. The van der Waals surface area contributed by atoms with E-state index in [4.69, 9.17) is 4.55 Å². The van der Waals surface area contributed by atoms with Crippen LogP contribution in [0.1, 0.15) is 85.0 Å². The standard InChI is InChI=1S/C26H41NO6S/c1-16(4-7-23(30)27-12-13-34(31,32)33)19-5-6-20-24-21(9-11-26(19,20)3)25(2)10-8-18(28)14-17(25)15-22(24)29/h16-17,19-21,24H,4-15H2,1-3H3,(H,27,30)(H,31,32,33)/t16-,17+,19-,20?,21?,24?,25+,26-/m1/s1. The van der Waals surface area contributed by atoms with Gasteiger partial charge in [-0.2, -0.15) is 8.42 Å². The molecular formula is C26H41NO6S. The van der Waals surface area contributed by atoms with Crippen molar-refractivity contribution in [1.29, 1.82) is 0 Å². The van der Waals surface area contributed by atoms with Crippen molar-refractivity contribution in [3.63, 3.8) is 0 Å². The maximum Gasteiger partial charge on any atom is 0.266 e. The average Bonchev–Trinajstić information content (AvgIpc) is 3.09. The molecule has 3 unspecified atom stereocenters. The van der Waals surface area contributed by atoms with Crippen molar-refractivity contribution in [2.45, 2.75) is 85.0 Å². The van der Waals surface area contributed by atoms with Gasteiger partial charge in [0, 0.05) is 38.1 Å². The first-order valence-corrected chi connectivity index (χ1v) is 14.7. The summed E-state index contributed by atoms with van der Waals surface area (Å²) in [6.07, 6.45) is 8.14. The number of carbonyl (C=O) groups is 3. The van der Waals surface area contributed by atoms with Crippen LogP contribution < -0.4 is 5.32 Å². The second kappa shape index (κ2) is 9.30. The van der Waals surface area contributed by atoms with E-state index < -0.39 is 15.9 Å². The molecular weight excluding hydrogens is 454 g/mol. The van der Waals surface area contributed by atoms with Gasteiger partial charge >= 0.3 is 0 Å². The fraction of sp³-hybridized carbons (Fsp3) is 0.885. The van der Waals surface area contributed by atoms with Crippen molar-refractivity contribution in [3.05, 3.63) is 0 Å². The van der Waals surface area contributed by atoms with Crippen LogP contribution in [-0.2, 0) is 24.5 Å². The number of amides is 1. The Balaban J connectivity index is 1.40. The maximum absolute atomic E-state index is 13.5. The van der Waals surface area contributed by atoms with Crippen LogP contribution in [0.3, 0.4) is 0 Å². The SMILES string of the molecule is C[C@H](CCC(=O)NCCS(=O)(=O)O)[C@H]1CCC2C3C(=O)C[C@@H]4CC(=O)CC[C@]4(C)C3CC[C@@]21C. The van der Waals surface area contributed by atoms with Crippen molar-refractivity contribution in [2.75, 3.05) is 12.3 Å². The van der Waals surface area contributed by atoms with E-state index in [2.05, 4.69) is 26.1 Å². The van der Waals surface area contributed by atoms with E-state index in [0.29, 0.717) is 60.9 Å². The molecule has 0 heterocycles. The van der Waals surface area contributed by atoms with Gasteiger partial charge in [0.15, 0.2) is 0 Å². The fourth-order valence-corrected chi connectivity index (χ4v) is 9.03. The third-order valence-corrected chi connectivity index (χ3v) is 11.3. The lowest BCUT2D eigenvalue weighted by atomic mass is 9.44. The van der Waals surface area contributed by atoms with E-state index in [9.17, 15) is 22.8 Å². The van der Waals surface area contributed by atoms with E-state index in [1.54, 1.807) is 0 Å². The monoisotopic (exact) mass is 495 g/mol. The van der Waals surface area contributed by atoms with Crippen molar-refractivity contribution in [3.8, 4) is 0 Å². The molecule has 2 N–H and O–H groups in total. The lowest BCUT2D eigenvalue weighted by Crippen LogP contribution is -2.57. The molecule has 8 heteroatoms. The second-order valence-corrected chi connectivity index (χ2v) is 13.8. The highest BCUT2D eigenvalue weighted by atomic mass is 32.2. The predicted octanol–water partition coefficient (Wildman–Crippen LogP) is 3.81. The molecule has 4 saturated carbocycles. The van der Waals surface area contributed by atoms with Gasteiger partial charge < -0.3 is 5.32 Å². The smallest absolute Gasteiger partial charge is 0.266 e. The molecule has 192 valence electrons. The van der Waals surface area contributed by atoms with Gasteiger partial charge in [-0.1, -0.05) is 20.8 Å². The maximum atomic E-state index is 13.5. The highest BCUT2D eigenvalue weighted by Crippen LogP contribution is 2.67. The van der Waals surface area contributed by atoms with Gasteiger partial charge in [0.25, 0.3) is 10.1 Å². The van der Waals surface area contributed by atoms with E-state index in [1.807, 2.05) is 0 Å². The summed E-state index contributed by atoms with van der Waals surface area (Å²) in [7, 11) is -4.07. The molecule has 8 atom stereocenters. The molecule has 4 aliphatic carbocycles. The van der Waals surface area contributed by atoms with Crippen molar-refractivity contribution < 1.29 is 27.4 Å². The fourth-order valence-electron chi connectivity index (χ4n) is 8.67. The summed E-state index contributed by atoms with van der Waals surface area (Å²) in [5.41, 5.74) is 0.211. The normalized spacial score (nSPS) is 40.8. The number of hydrogen-bond donors (Lipinski definition) is 2. The first-order valence-electron chi connectivity index (χ1n) is 13.1. The summed E-state index contributed by atoms with van der Waals surface area (Å²) in [4.78, 5) is 37.7. The van der Waals surface area contributed by atoms with E-state index in [1.165, 1.54) is 0 Å². The lowest BCUT2D eigenvalue weighted by molar-refractivity contribution is -0.159. The van der Waals surface area contributed by atoms with Gasteiger partial charge in [0.2, 0.25) is 5.91 Å². The van der Waals surface area contributed by atoms with Crippen LogP contribution in [0.5, 0.6) is 0 Å². The molecule has 0 spiro atoms. The highest BCUT2D eigenvalue weighted by Gasteiger charge is 2.63. The number of rotatable bonds is 7. The Hall–Kier alpha value is -1.28. The van der Waals surface area contributed by atoms with Gasteiger partial charge in [-0.15, -0.1) is 0 Å². The summed E-state index contributed by atoms with van der Waals surface area (Å²) < 4.78 is 30.5. The molecule has 4 aliphatic rings. The van der Waals surface area contributed by atoms with E-state index >= 15 is 0 Å². The summed E-state index contributed by atoms with van der Waals surface area (Å²) in [5, 5.41) is 2.58. The first kappa shape index (κ1) is 25.8. The van der Waals surface area contributed by atoms with Crippen LogP contribution in [0.25, 0.3) is 0 Å². The summed E-state index contributed by atoms with van der Waals surface area (Å²) in [6, 6.07) is 0. The Morgan fingerprint density at radius 2 is 1.79 bits per heavy atom. The number of hydrogen-bond acceptors (Lipinski definition) is 5. The number of fused-ring (bicyclic) bond motifs is 5. The van der Waals surface area contributed by atoms with Gasteiger partial charge in [-0.25, -0.2) is 0 Å². The van der Waals surface area contributed by atoms with Crippen LogP contribution in [0.4, 0.5) is 0 Å². The van der Waals surface area contributed by atoms with Crippen LogP contribution in [-0.4, -0.2) is 42.7 Å². The molecule has 0 radical (unpaired) electrons. The first-order chi connectivity index (χ1) is 15.8. The predicted molar refractivity (Wildman–Crippen MR) is 128 cm³/mol. The van der Waals surface area contributed by atoms with E-state index in [0.717, 1.165) is 38.5 Å². The molecule has 4 rings (SSSR count). The van der Waals surface area contributed by atoms with Gasteiger partial charge in [-0.3, -0.25) is 18.9 Å². The minimum atomic E-state index is -4.07. The molecule has 34 heavy (non-hydrogen) atoms. The summed E-state index contributed by atoms with van der Waals surface area (Å²) >= 11 is 0. The molecule has 4 fully saturated rings. The Morgan fingerprint density at radius 1 is 1.09 bits per heavy atom. The molecule has 0 aromatic carbocycles. The van der Waals surface area contributed by atoms with Crippen LogP contribution >= 0.6 is 0 Å². The quantitative estimate of drug-likeness (QED) is 0.519. The zero-order valence-electron chi connectivity index (χ0n) is 20.8. The van der Waals surface area contributed by atoms with Crippen LogP contribution in [0.15, 0.2) is 0 Å². The minimum absolute atomic E-state index is 0.0776. The zero-order valence-corrected chi connectivity index (χ0v) is 21.7. The number of nitrogens with one attached hydrogen (secondary N) is 1. The molecule has 0 aromatic rings. The van der Waals surface area contributed by atoms with Crippen LogP contribution in [0, 0.1) is 46.3 Å². The van der Waals surface area contributed by atoms with Gasteiger partial charge in [0.05, 0.1) is 5.75 Å². The Morgan fingerprint density at radius 3 is 2.50 bits per heavy atom. The topological polar surface area (TPSA) is 118 Å². The molecule has 7 nitrogen and oxygen atoms in total. The van der Waals surface area contributed by atoms with E-state index in [-0.39, 0.29) is 35.1 Å². The number of Topliss-reactive ketones (excluding diaryl/α,β-unsaturated/α-hetero) is 2. The Labute approximate surface area is 204 Å². The number of ketones is 2. The highest BCUT2D eigenvalue weighted by molar-refractivity contribution is 7.85. The lowest BCUT2D eigenvalue weighted by Gasteiger charge is -2.59. The molecule has 0 bridgehead atoms. The summed E-state index contributed by atoms with van der Waals surface area (Å²) in [5.74, 6) is 2.00. The van der Waals surface area contributed by atoms with Crippen molar-refractivity contribution >= 4 is 27.6 Å². The van der Waals surface area contributed by atoms with Crippen molar-refractivity contribution in [1.82, 2.24) is 5.32 Å². The van der Waals surface area contributed by atoms with Gasteiger partial charge in [0.1, 0.15) is 11.6 Å². The third-order valence-electron chi connectivity index (χ3n) is 10.6. The zero-order chi connectivity index (χ0) is 24.9. The van der Waals surface area contributed by atoms with Crippen LogP contribution in [0.2, 0.25) is 0 Å². The minimum Gasteiger partial charge on any atom is -0.355 e. The van der Waals surface area contributed by atoms with Crippen molar-refractivity contribution in [2.24, 2.45) is 46.3 Å². The largest absolute Gasteiger partial charge is 0.355 e. The Kier molecular flexibility index (Phi) is 7.06. The molecule has 1 amide bonds.